The molecule has 3 aromatic rings. The van der Waals surface area contributed by atoms with Gasteiger partial charge in [0.25, 0.3) is 5.89 Å². The lowest BCUT2D eigenvalue weighted by Gasteiger charge is -1.97. The fourth-order valence-electron chi connectivity index (χ4n) is 2.61. The molecule has 0 spiro atoms. The lowest BCUT2D eigenvalue weighted by atomic mass is 10.1. The first-order valence-corrected chi connectivity index (χ1v) is 6.66. The minimum atomic E-state index is 0.238. The molecule has 1 fully saturated rings. The van der Waals surface area contributed by atoms with E-state index in [9.17, 15) is 0 Å². The molecule has 1 aromatic carbocycles. The Morgan fingerprint density at radius 2 is 2.20 bits per heavy atom. The molecular weight excluding hydrogens is 256 g/mol. The summed E-state index contributed by atoms with van der Waals surface area (Å²) < 4.78 is 12.6. The highest BCUT2D eigenvalue weighted by atomic mass is 16.5. The van der Waals surface area contributed by atoms with Gasteiger partial charge in [0.1, 0.15) is 0 Å². The van der Waals surface area contributed by atoms with Crippen molar-refractivity contribution < 1.29 is 9.26 Å². The van der Waals surface area contributed by atoms with E-state index in [1.165, 1.54) is 0 Å². The van der Waals surface area contributed by atoms with E-state index in [1.54, 1.807) is 0 Å². The molecule has 1 aliphatic rings. The van der Waals surface area contributed by atoms with Crippen molar-refractivity contribution in [2.45, 2.75) is 12.3 Å². The van der Waals surface area contributed by atoms with Crippen molar-refractivity contribution in [1.29, 1.82) is 0 Å². The Kier molecular flexibility index (Phi) is 2.56. The van der Waals surface area contributed by atoms with Crippen LogP contribution in [0.2, 0.25) is 0 Å². The number of aryl methyl sites for hydroxylation is 1. The monoisotopic (exact) mass is 270 g/mol. The van der Waals surface area contributed by atoms with Crippen molar-refractivity contribution >= 4 is 10.9 Å². The van der Waals surface area contributed by atoms with Gasteiger partial charge in [-0.05, 0) is 12.5 Å². The SMILES string of the molecule is Cn1nc(-c2nc([C@@H]3CCOC3)no2)c2ccccc21. The van der Waals surface area contributed by atoms with Gasteiger partial charge in [-0.25, -0.2) is 0 Å². The number of fused-ring (bicyclic) bond motifs is 1. The molecule has 1 atom stereocenters. The summed E-state index contributed by atoms with van der Waals surface area (Å²) in [6.45, 7) is 1.43. The van der Waals surface area contributed by atoms with Gasteiger partial charge in [-0.3, -0.25) is 4.68 Å². The van der Waals surface area contributed by atoms with Crippen LogP contribution in [0.5, 0.6) is 0 Å². The highest BCUT2D eigenvalue weighted by molar-refractivity contribution is 5.91. The fourth-order valence-corrected chi connectivity index (χ4v) is 2.61. The van der Waals surface area contributed by atoms with Crippen molar-refractivity contribution in [1.82, 2.24) is 19.9 Å². The number of para-hydroxylation sites is 1. The van der Waals surface area contributed by atoms with Crippen LogP contribution in [0.15, 0.2) is 28.8 Å². The van der Waals surface area contributed by atoms with E-state index in [1.807, 2.05) is 36.0 Å². The van der Waals surface area contributed by atoms with Gasteiger partial charge in [-0.2, -0.15) is 10.1 Å². The molecule has 20 heavy (non-hydrogen) atoms. The zero-order chi connectivity index (χ0) is 13.5. The topological polar surface area (TPSA) is 66.0 Å². The molecule has 6 heteroatoms. The number of rotatable bonds is 2. The molecule has 102 valence electrons. The third-order valence-corrected chi connectivity index (χ3v) is 3.70. The van der Waals surface area contributed by atoms with E-state index in [2.05, 4.69) is 15.2 Å². The number of benzene rings is 1. The van der Waals surface area contributed by atoms with Crippen molar-refractivity contribution in [3.05, 3.63) is 30.1 Å². The predicted octanol–water partition coefficient (Wildman–Crippen LogP) is 2.13. The molecular formula is C14H14N4O2. The fraction of sp³-hybridized carbons (Fsp3) is 0.357. The van der Waals surface area contributed by atoms with Gasteiger partial charge in [0.15, 0.2) is 11.5 Å². The Bertz CT molecular complexity index is 755. The van der Waals surface area contributed by atoms with Crippen LogP contribution in [-0.4, -0.2) is 33.1 Å². The number of nitrogens with zero attached hydrogens (tertiary/aromatic N) is 4. The molecule has 3 heterocycles. The third-order valence-electron chi connectivity index (χ3n) is 3.70. The summed E-state index contributed by atoms with van der Waals surface area (Å²) in [7, 11) is 1.91. The zero-order valence-electron chi connectivity index (χ0n) is 11.1. The van der Waals surface area contributed by atoms with E-state index in [0.29, 0.717) is 18.3 Å². The first-order valence-electron chi connectivity index (χ1n) is 6.66. The van der Waals surface area contributed by atoms with E-state index in [0.717, 1.165) is 29.6 Å². The molecule has 0 radical (unpaired) electrons. The summed E-state index contributed by atoms with van der Waals surface area (Å²) >= 11 is 0. The van der Waals surface area contributed by atoms with Crippen LogP contribution in [0.3, 0.4) is 0 Å². The number of hydrogen-bond acceptors (Lipinski definition) is 5. The summed E-state index contributed by atoms with van der Waals surface area (Å²) in [5.74, 6) is 1.43. The summed E-state index contributed by atoms with van der Waals surface area (Å²) in [6.07, 6.45) is 0.946. The van der Waals surface area contributed by atoms with Crippen molar-refractivity contribution in [3.8, 4) is 11.6 Å². The van der Waals surface area contributed by atoms with Crippen LogP contribution in [0.4, 0.5) is 0 Å². The van der Waals surface area contributed by atoms with Gasteiger partial charge < -0.3 is 9.26 Å². The average Bonchev–Trinajstić information content (AvgIpc) is 3.17. The summed E-state index contributed by atoms with van der Waals surface area (Å²) in [6, 6.07) is 8.01. The quantitative estimate of drug-likeness (QED) is 0.713. The van der Waals surface area contributed by atoms with Gasteiger partial charge in [-0.1, -0.05) is 23.4 Å². The summed E-state index contributed by atoms with van der Waals surface area (Å²) in [5, 5.41) is 9.59. The minimum absolute atomic E-state index is 0.238. The third kappa shape index (κ3) is 1.72. The van der Waals surface area contributed by atoms with E-state index >= 15 is 0 Å². The Labute approximate surface area is 115 Å². The zero-order valence-corrected chi connectivity index (χ0v) is 11.1. The Morgan fingerprint density at radius 3 is 3.05 bits per heavy atom. The largest absolute Gasteiger partial charge is 0.381 e. The second-order valence-electron chi connectivity index (χ2n) is 5.01. The van der Waals surface area contributed by atoms with Crippen LogP contribution in [-0.2, 0) is 11.8 Å². The van der Waals surface area contributed by atoms with Crippen LogP contribution in [0.25, 0.3) is 22.5 Å². The van der Waals surface area contributed by atoms with Crippen molar-refractivity contribution in [2.24, 2.45) is 7.05 Å². The Morgan fingerprint density at radius 1 is 1.30 bits per heavy atom. The molecule has 0 saturated carbocycles. The van der Waals surface area contributed by atoms with Crippen LogP contribution >= 0.6 is 0 Å². The van der Waals surface area contributed by atoms with Gasteiger partial charge in [-0.15, -0.1) is 0 Å². The molecule has 6 nitrogen and oxygen atoms in total. The molecule has 0 N–H and O–H groups in total. The smallest absolute Gasteiger partial charge is 0.279 e. The second-order valence-corrected chi connectivity index (χ2v) is 5.01. The maximum absolute atomic E-state index is 5.39. The van der Waals surface area contributed by atoms with Crippen LogP contribution in [0, 0.1) is 0 Å². The first-order chi connectivity index (χ1) is 9.83. The van der Waals surface area contributed by atoms with Crippen LogP contribution in [0.1, 0.15) is 18.2 Å². The van der Waals surface area contributed by atoms with E-state index in [-0.39, 0.29) is 5.92 Å². The van der Waals surface area contributed by atoms with Crippen LogP contribution < -0.4 is 0 Å². The van der Waals surface area contributed by atoms with Crippen molar-refractivity contribution in [2.75, 3.05) is 13.2 Å². The predicted molar refractivity (Wildman–Crippen MR) is 72.2 cm³/mol. The Hall–Kier alpha value is -2.21. The number of ether oxygens (including phenoxy) is 1. The van der Waals surface area contributed by atoms with Crippen molar-refractivity contribution in [3.63, 3.8) is 0 Å². The molecule has 0 aliphatic carbocycles. The lowest BCUT2D eigenvalue weighted by Crippen LogP contribution is -1.99. The maximum Gasteiger partial charge on any atom is 0.279 e. The number of aromatic nitrogens is 4. The molecule has 1 aliphatic heterocycles. The molecule has 2 aromatic heterocycles. The molecule has 0 bridgehead atoms. The van der Waals surface area contributed by atoms with Gasteiger partial charge in [0.05, 0.1) is 12.1 Å². The second kappa shape index (κ2) is 4.42. The standard InChI is InChI=1S/C14H14N4O2/c1-18-11-5-3-2-4-10(11)12(16-18)14-15-13(17-20-14)9-6-7-19-8-9/h2-5,9H,6-8H2,1H3/t9-/m1/s1. The molecule has 0 amide bonds. The highest BCUT2D eigenvalue weighted by Gasteiger charge is 2.24. The van der Waals surface area contributed by atoms with Gasteiger partial charge >= 0.3 is 0 Å². The summed E-state index contributed by atoms with van der Waals surface area (Å²) in [4.78, 5) is 4.49. The normalized spacial score (nSPS) is 18.9. The molecule has 1 saturated heterocycles. The van der Waals surface area contributed by atoms with E-state index in [4.69, 9.17) is 9.26 Å². The minimum Gasteiger partial charge on any atom is -0.381 e. The number of hydrogen-bond donors (Lipinski definition) is 0. The molecule has 4 rings (SSSR count). The van der Waals surface area contributed by atoms with Gasteiger partial charge in [0.2, 0.25) is 0 Å². The van der Waals surface area contributed by atoms with E-state index < -0.39 is 0 Å². The van der Waals surface area contributed by atoms with Gasteiger partial charge in [0, 0.05) is 25.0 Å². The maximum atomic E-state index is 5.39. The highest BCUT2D eigenvalue weighted by Crippen LogP contribution is 2.29. The average molecular weight is 270 g/mol. The first kappa shape index (κ1) is 11.6. The Balaban J connectivity index is 1.79. The molecule has 0 unspecified atom stereocenters. The lowest BCUT2D eigenvalue weighted by molar-refractivity contribution is 0.192. The summed E-state index contributed by atoms with van der Waals surface area (Å²) in [5.41, 5.74) is 1.78.